The van der Waals surface area contributed by atoms with Gasteiger partial charge in [-0.3, -0.25) is 0 Å². The average Bonchev–Trinajstić information content (AvgIpc) is 3.42. The molecule has 5 rings (SSSR count). The van der Waals surface area contributed by atoms with E-state index in [4.69, 9.17) is 0 Å². The van der Waals surface area contributed by atoms with E-state index in [2.05, 4.69) is 29.0 Å². The van der Waals surface area contributed by atoms with E-state index < -0.39 is 12.3 Å². The molecule has 0 aromatic carbocycles. The van der Waals surface area contributed by atoms with Gasteiger partial charge < -0.3 is 15.7 Å². The molecule has 1 aromatic heterocycles. The van der Waals surface area contributed by atoms with Gasteiger partial charge in [-0.15, -0.1) is 11.3 Å². The lowest BCUT2D eigenvalue weighted by atomic mass is 9.78. The van der Waals surface area contributed by atoms with Crippen molar-refractivity contribution in [3.05, 3.63) is 33.8 Å². The Morgan fingerprint density at radius 3 is 2.68 bits per heavy atom. The van der Waals surface area contributed by atoms with Gasteiger partial charge in [-0.2, -0.15) is 0 Å². The molecule has 4 aliphatic rings. The zero-order valence-electron chi connectivity index (χ0n) is 23.4. The molecule has 1 saturated heterocycles. The number of piperidine rings is 1. The van der Waals surface area contributed by atoms with Crippen LogP contribution in [-0.2, 0) is 0 Å². The molecule has 6 unspecified atom stereocenters. The third-order valence-electron chi connectivity index (χ3n) is 10.2. The van der Waals surface area contributed by atoms with Crippen LogP contribution in [0, 0.1) is 17.8 Å². The molecule has 3 nitrogen and oxygen atoms in total. The number of halogens is 2. The highest BCUT2D eigenvalue weighted by Crippen LogP contribution is 2.42. The molecule has 3 N–H and O–H groups in total. The lowest BCUT2D eigenvalue weighted by molar-refractivity contribution is 0.0714. The maximum atomic E-state index is 15.0. The number of aliphatic hydroxyl groups excluding tert-OH is 1. The van der Waals surface area contributed by atoms with Crippen LogP contribution in [0.25, 0.3) is 0 Å². The van der Waals surface area contributed by atoms with Crippen molar-refractivity contribution in [3.8, 4) is 0 Å². The zero-order chi connectivity index (χ0) is 26.5. The van der Waals surface area contributed by atoms with Crippen molar-refractivity contribution in [2.75, 3.05) is 13.1 Å². The van der Waals surface area contributed by atoms with Gasteiger partial charge in [-0.1, -0.05) is 45.4 Å². The first-order valence-corrected chi connectivity index (χ1v) is 16.6. The fraction of sp³-hybridized carbons (Fsp3) is 0.812. The van der Waals surface area contributed by atoms with Crippen molar-refractivity contribution < 1.29 is 13.9 Å². The molecule has 0 amide bonds. The van der Waals surface area contributed by atoms with E-state index >= 15 is 4.39 Å². The monoisotopic (exact) mass is 548 g/mol. The Balaban J connectivity index is 1.25. The largest absolute Gasteiger partial charge is 0.390 e. The SMILES string of the molecule is CCC1CCCC(CNC[C@H](O)[C@H]2CC3CC(F)C/C(F)=C/C(c4cc(C5CCCCC5)cs4)C(C3)N2)C1. The van der Waals surface area contributed by atoms with Crippen molar-refractivity contribution in [2.45, 2.75) is 133 Å². The predicted molar refractivity (Wildman–Crippen MR) is 154 cm³/mol. The fourth-order valence-corrected chi connectivity index (χ4v) is 9.11. The molecule has 6 heteroatoms. The minimum absolute atomic E-state index is 0.0194. The van der Waals surface area contributed by atoms with Crippen molar-refractivity contribution in [1.29, 1.82) is 0 Å². The number of rotatable bonds is 8. The van der Waals surface area contributed by atoms with Crippen LogP contribution in [0.3, 0.4) is 0 Å². The van der Waals surface area contributed by atoms with Crippen LogP contribution in [0.5, 0.6) is 0 Å². The molecule has 1 aliphatic heterocycles. The average molecular weight is 549 g/mol. The third-order valence-corrected chi connectivity index (χ3v) is 11.2. The summed E-state index contributed by atoms with van der Waals surface area (Å²) in [6.07, 6.45) is 14.9. The molecule has 38 heavy (non-hydrogen) atoms. The molecular weight excluding hydrogens is 498 g/mol. The highest BCUT2D eigenvalue weighted by molar-refractivity contribution is 7.10. The van der Waals surface area contributed by atoms with Gasteiger partial charge in [0.2, 0.25) is 0 Å². The highest BCUT2D eigenvalue weighted by Gasteiger charge is 2.38. The lowest BCUT2D eigenvalue weighted by Crippen LogP contribution is -2.55. The van der Waals surface area contributed by atoms with E-state index in [0.717, 1.165) is 25.3 Å². The van der Waals surface area contributed by atoms with Gasteiger partial charge in [-0.25, -0.2) is 8.78 Å². The van der Waals surface area contributed by atoms with Gasteiger partial charge in [0.1, 0.15) is 6.17 Å². The van der Waals surface area contributed by atoms with Crippen LogP contribution in [0.15, 0.2) is 23.3 Å². The Bertz CT molecular complexity index is 900. The summed E-state index contributed by atoms with van der Waals surface area (Å²) in [5, 5.41) is 20.8. The minimum Gasteiger partial charge on any atom is -0.390 e. The van der Waals surface area contributed by atoms with E-state index in [0.29, 0.717) is 24.8 Å². The van der Waals surface area contributed by atoms with E-state index in [1.54, 1.807) is 17.4 Å². The van der Waals surface area contributed by atoms with Crippen LogP contribution in [0.4, 0.5) is 8.78 Å². The smallest absolute Gasteiger partial charge is 0.107 e. The molecule has 0 radical (unpaired) electrons. The number of allylic oxidation sites excluding steroid dienone is 1. The predicted octanol–water partition coefficient (Wildman–Crippen LogP) is 7.77. The summed E-state index contributed by atoms with van der Waals surface area (Å²) >= 11 is 1.74. The van der Waals surface area contributed by atoms with E-state index in [1.165, 1.54) is 74.6 Å². The standard InChI is InChI=1S/C32H50F2N2OS/c1-2-21-7-6-8-22(11-21)18-35-19-31(37)30-14-23-12-26(33)16-27(34)17-28(29(13-23)36-30)32-15-25(20-38-32)24-9-4-3-5-10-24/h15,17,20-24,26,28-31,35-37H,2-14,16,18-19H2,1H3/b27-17-/t21?,22?,23?,26?,28?,29?,30-,31+/m1/s1. The number of nitrogens with one attached hydrogen (secondary N) is 2. The quantitative estimate of drug-likeness (QED) is 0.311. The molecule has 2 bridgehead atoms. The van der Waals surface area contributed by atoms with Gasteiger partial charge in [-0.05, 0) is 98.2 Å². The Morgan fingerprint density at radius 1 is 1.05 bits per heavy atom. The van der Waals surface area contributed by atoms with Crippen molar-refractivity contribution >= 4 is 11.3 Å². The summed E-state index contributed by atoms with van der Waals surface area (Å²) < 4.78 is 29.8. The summed E-state index contributed by atoms with van der Waals surface area (Å²) in [5.74, 6) is 1.92. The molecule has 1 aromatic rings. The number of alkyl halides is 1. The number of aliphatic hydroxyl groups is 1. The van der Waals surface area contributed by atoms with Crippen LogP contribution < -0.4 is 10.6 Å². The molecule has 0 spiro atoms. The van der Waals surface area contributed by atoms with Crippen molar-refractivity contribution in [2.24, 2.45) is 17.8 Å². The van der Waals surface area contributed by atoms with E-state index in [1.807, 2.05) is 0 Å². The molecule has 214 valence electrons. The summed E-state index contributed by atoms with van der Waals surface area (Å²) in [4.78, 5) is 1.19. The zero-order valence-corrected chi connectivity index (χ0v) is 24.2. The number of thiophene rings is 1. The second kappa shape index (κ2) is 13.7. The lowest BCUT2D eigenvalue weighted by Gasteiger charge is -2.41. The van der Waals surface area contributed by atoms with Crippen LogP contribution >= 0.6 is 11.3 Å². The molecule has 3 aliphatic carbocycles. The first-order valence-electron chi connectivity index (χ1n) is 15.7. The fourth-order valence-electron chi connectivity index (χ4n) is 7.98. The second-order valence-corrected chi connectivity index (χ2v) is 14.0. The Labute approximate surface area is 233 Å². The summed E-state index contributed by atoms with van der Waals surface area (Å²) in [7, 11) is 0. The summed E-state index contributed by atoms with van der Waals surface area (Å²) in [6, 6.07) is 2.24. The Morgan fingerprint density at radius 2 is 1.87 bits per heavy atom. The van der Waals surface area contributed by atoms with Crippen LogP contribution in [0.1, 0.15) is 119 Å². The van der Waals surface area contributed by atoms with Gasteiger partial charge in [0.25, 0.3) is 0 Å². The van der Waals surface area contributed by atoms with Crippen molar-refractivity contribution in [1.82, 2.24) is 10.6 Å². The number of fused-ring (bicyclic) bond motifs is 2. The maximum Gasteiger partial charge on any atom is 0.107 e. The molecule has 8 atom stereocenters. The van der Waals surface area contributed by atoms with Gasteiger partial charge in [0, 0.05) is 35.8 Å². The maximum absolute atomic E-state index is 15.0. The normalized spacial score (nSPS) is 37.5. The summed E-state index contributed by atoms with van der Waals surface area (Å²) in [6.45, 7) is 3.82. The molecule has 2 heterocycles. The van der Waals surface area contributed by atoms with Crippen LogP contribution in [0.2, 0.25) is 0 Å². The molecule has 3 fully saturated rings. The Kier molecular flexibility index (Phi) is 10.3. The second-order valence-electron chi connectivity index (χ2n) is 13.0. The van der Waals surface area contributed by atoms with Crippen LogP contribution in [-0.4, -0.2) is 42.6 Å². The first kappa shape index (κ1) is 28.7. The molecular formula is C32H50F2N2OS. The first-order chi connectivity index (χ1) is 18.5. The van der Waals surface area contributed by atoms with Crippen molar-refractivity contribution in [3.63, 3.8) is 0 Å². The van der Waals surface area contributed by atoms with Gasteiger partial charge >= 0.3 is 0 Å². The summed E-state index contributed by atoms with van der Waals surface area (Å²) in [5.41, 5.74) is 1.41. The van der Waals surface area contributed by atoms with E-state index in [-0.39, 0.29) is 36.2 Å². The Hall–Kier alpha value is -0.820. The topological polar surface area (TPSA) is 44.3 Å². The third kappa shape index (κ3) is 7.47. The molecule has 2 saturated carbocycles. The van der Waals surface area contributed by atoms with Gasteiger partial charge in [0.05, 0.1) is 11.9 Å². The number of hydrogen-bond acceptors (Lipinski definition) is 4. The number of hydrogen-bond donors (Lipinski definition) is 3. The minimum atomic E-state index is -1.15. The van der Waals surface area contributed by atoms with E-state index in [9.17, 15) is 9.50 Å². The highest BCUT2D eigenvalue weighted by atomic mass is 32.1. The van der Waals surface area contributed by atoms with Gasteiger partial charge in [0.15, 0.2) is 0 Å².